The van der Waals surface area contributed by atoms with Gasteiger partial charge in [0.2, 0.25) is 0 Å². The zero-order valence-electron chi connectivity index (χ0n) is 11.2. The maximum atomic E-state index is 11.9. The summed E-state index contributed by atoms with van der Waals surface area (Å²) in [6.45, 7) is 4.96. The Hall–Kier alpha value is -1.69. The van der Waals surface area contributed by atoms with E-state index in [4.69, 9.17) is 4.74 Å². The second kappa shape index (κ2) is 7.04. The van der Waals surface area contributed by atoms with E-state index in [1.54, 1.807) is 12.1 Å². The zero-order valence-corrected chi connectivity index (χ0v) is 11.2. The van der Waals surface area contributed by atoms with Crippen molar-refractivity contribution in [3.05, 3.63) is 17.8 Å². The predicted octanol–water partition coefficient (Wildman–Crippen LogP) is 1.06. The van der Waals surface area contributed by atoms with E-state index in [-0.39, 0.29) is 5.91 Å². The van der Waals surface area contributed by atoms with Crippen molar-refractivity contribution in [2.24, 2.45) is 5.92 Å². The molecule has 0 bridgehead atoms. The lowest BCUT2D eigenvalue weighted by Crippen LogP contribution is -2.33. The standard InChI is InChI=1S/C13H20N4O2/c1-2-14-12-6-5-11(16-17-12)13(18)15-8-10-4-3-7-19-9-10/h5-6,10H,2-4,7-9H2,1H3,(H,14,17)(H,15,18). The second-order valence-corrected chi connectivity index (χ2v) is 4.63. The topological polar surface area (TPSA) is 76.1 Å². The van der Waals surface area contributed by atoms with Crippen molar-refractivity contribution in [1.29, 1.82) is 0 Å². The number of nitrogens with zero attached hydrogens (tertiary/aromatic N) is 2. The number of hydrogen-bond donors (Lipinski definition) is 2. The van der Waals surface area contributed by atoms with E-state index < -0.39 is 0 Å². The summed E-state index contributed by atoms with van der Waals surface area (Å²) in [5, 5.41) is 13.8. The quantitative estimate of drug-likeness (QED) is 0.831. The van der Waals surface area contributed by atoms with Crippen molar-refractivity contribution in [2.75, 3.05) is 31.6 Å². The molecule has 1 amide bonds. The number of hydrogen-bond acceptors (Lipinski definition) is 5. The number of rotatable bonds is 5. The molecule has 0 aliphatic carbocycles. The highest BCUT2D eigenvalue weighted by atomic mass is 16.5. The number of carbonyl (C=O) groups is 1. The summed E-state index contributed by atoms with van der Waals surface area (Å²) in [5.74, 6) is 0.910. The first-order chi connectivity index (χ1) is 9.29. The molecule has 6 heteroatoms. The second-order valence-electron chi connectivity index (χ2n) is 4.63. The van der Waals surface area contributed by atoms with Crippen LogP contribution in [-0.4, -0.2) is 42.4 Å². The first kappa shape index (κ1) is 13.7. The molecule has 0 radical (unpaired) electrons. The van der Waals surface area contributed by atoms with Crippen LogP contribution < -0.4 is 10.6 Å². The molecule has 1 fully saturated rings. The van der Waals surface area contributed by atoms with Gasteiger partial charge in [-0.1, -0.05) is 0 Å². The van der Waals surface area contributed by atoms with Gasteiger partial charge >= 0.3 is 0 Å². The molecule has 0 spiro atoms. The molecule has 19 heavy (non-hydrogen) atoms. The van der Waals surface area contributed by atoms with Crippen LogP contribution >= 0.6 is 0 Å². The fraction of sp³-hybridized carbons (Fsp3) is 0.615. The van der Waals surface area contributed by atoms with E-state index in [2.05, 4.69) is 20.8 Å². The van der Waals surface area contributed by atoms with Gasteiger partial charge in [-0.3, -0.25) is 4.79 Å². The molecule has 104 valence electrons. The lowest BCUT2D eigenvalue weighted by atomic mass is 10.0. The molecule has 1 saturated heterocycles. The Bertz CT molecular complexity index is 402. The van der Waals surface area contributed by atoms with Crippen LogP contribution in [0.3, 0.4) is 0 Å². The minimum atomic E-state index is -0.180. The summed E-state index contributed by atoms with van der Waals surface area (Å²) in [6.07, 6.45) is 2.17. The Balaban J connectivity index is 1.81. The van der Waals surface area contributed by atoms with Gasteiger partial charge < -0.3 is 15.4 Å². The molecular formula is C13H20N4O2. The highest BCUT2D eigenvalue weighted by molar-refractivity contribution is 5.92. The largest absolute Gasteiger partial charge is 0.381 e. The maximum Gasteiger partial charge on any atom is 0.271 e. The summed E-state index contributed by atoms with van der Waals surface area (Å²) in [7, 11) is 0. The molecule has 1 unspecified atom stereocenters. The van der Waals surface area contributed by atoms with Crippen molar-refractivity contribution in [2.45, 2.75) is 19.8 Å². The Labute approximate surface area is 112 Å². The van der Waals surface area contributed by atoms with Crippen LogP contribution in [0.5, 0.6) is 0 Å². The molecule has 1 aromatic heterocycles. The van der Waals surface area contributed by atoms with E-state index >= 15 is 0 Å². The van der Waals surface area contributed by atoms with E-state index in [0.717, 1.165) is 32.6 Å². The molecule has 6 nitrogen and oxygen atoms in total. The van der Waals surface area contributed by atoms with Gasteiger partial charge in [-0.2, -0.15) is 0 Å². The molecular weight excluding hydrogens is 244 g/mol. The lowest BCUT2D eigenvalue weighted by molar-refractivity contribution is 0.0535. The van der Waals surface area contributed by atoms with Gasteiger partial charge in [-0.15, -0.1) is 10.2 Å². The van der Waals surface area contributed by atoms with Gasteiger partial charge in [0.05, 0.1) is 6.61 Å². The van der Waals surface area contributed by atoms with E-state index in [0.29, 0.717) is 24.0 Å². The molecule has 2 rings (SSSR count). The van der Waals surface area contributed by atoms with Crippen LogP contribution in [-0.2, 0) is 4.74 Å². The molecule has 1 atom stereocenters. The highest BCUT2D eigenvalue weighted by Crippen LogP contribution is 2.12. The predicted molar refractivity (Wildman–Crippen MR) is 72.1 cm³/mol. The number of carbonyl (C=O) groups excluding carboxylic acids is 1. The maximum absolute atomic E-state index is 11.9. The fourth-order valence-electron chi connectivity index (χ4n) is 2.02. The number of nitrogens with one attached hydrogen (secondary N) is 2. The van der Waals surface area contributed by atoms with Gasteiger partial charge in [0, 0.05) is 19.7 Å². The molecule has 1 aliphatic heterocycles. The van der Waals surface area contributed by atoms with Crippen LogP contribution in [0, 0.1) is 5.92 Å². The smallest absolute Gasteiger partial charge is 0.271 e. The zero-order chi connectivity index (χ0) is 13.5. The Morgan fingerprint density at radius 2 is 2.37 bits per heavy atom. The first-order valence-electron chi connectivity index (χ1n) is 6.73. The Morgan fingerprint density at radius 1 is 1.47 bits per heavy atom. The molecule has 0 aromatic carbocycles. The van der Waals surface area contributed by atoms with Gasteiger partial charge in [0.25, 0.3) is 5.91 Å². The van der Waals surface area contributed by atoms with Crippen LogP contribution in [0.15, 0.2) is 12.1 Å². The third kappa shape index (κ3) is 4.17. The van der Waals surface area contributed by atoms with Crippen molar-refractivity contribution in [1.82, 2.24) is 15.5 Å². The fourth-order valence-corrected chi connectivity index (χ4v) is 2.02. The lowest BCUT2D eigenvalue weighted by Gasteiger charge is -2.21. The summed E-state index contributed by atoms with van der Waals surface area (Å²) >= 11 is 0. The normalized spacial score (nSPS) is 18.9. The van der Waals surface area contributed by atoms with Gasteiger partial charge in [0.1, 0.15) is 5.82 Å². The van der Waals surface area contributed by atoms with Crippen molar-refractivity contribution >= 4 is 11.7 Å². The van der Waals surface area contributed by atoms with Crippen LogP contribution in [0.1, 0.15) is 30.3 Å². The van der Waals surface area contributed by atoms with Gasteiger partial charge in [-0.05, 0) is 37.8 Å². The van der Waals surface area contributed by atoms with Crippen LogP contribution in [0.25, 0.3) is 0 Å². The van der Waals surface area contributed by atoms with E-state index in [9.17, 15) is 4.79 Å². The molecule has 2 heterocycles. The summed E-state index contributed by atoms with van der Waals surface area (Å²) in [6, 6.07) is 3.44. The van der Waals surface area contributed by atoms with Gasteiger partial charge in [0.15, 0.2) is 5.69 Å². The van der Waals surface area contributed by atoms with Crippen LogP contribution in [0.4, 0.5) is 5.82 Å². The molecule has 1 aliphatic rings. The van der Waals surface area contributed by atoms with Gasteiger partial charge in [-0.25, -0.2) is 0 Å². The van der Waals surface area contributed by atoms with Crippen molar-refractivity contribution in [3.63, 3.8) is 0 Å². The minimum absolute atomic E-state index is 0.180. The third-order valence-electron chi connectivity index (χ3n) is 3.06. The molecule has 0 saturated carbocycles. The number of ether oxygens (including phenoxy) is 1. The number of aromatic nitrogens is 2. The average Bonchev–Trinajstić information content (AvgIpc) is 2.47. The summed E-state index contributed by atoms with van der Waals surface area (Å²) < 4.78 is 5.38. The Kier molecular flexibility index (Phi) is 5.09. The number of amides is 1. The SMILES string of the molecule is CCNc1ccc(C(=O)NCC2CCCOC2)nn1. The summed E-state index contributed by atoms with van der Waals surface area (Å²) in [4.78, 5) is 11.9. The highest BCUT2D eigenvalue weighted by Gasteiger charge is 2.16. The number of anilines is 1. The minimum Gasteiger partial charge on any atom is -0.381 e. The van der Waals surface area contributed by atoms with Crippen LogP contribution in [0.2, 0.25) is 0 Å². The first-order valence-corrected chi connectivity index (χ1v) is 6.73. The molecule has 2 N–H and O–H groups in total. The van der Waals surface area contributed by atoms with E-state index in [1.165, 1.54) is 0 Å². The van der Waals surface area contributed by atoms with E-state index in [1.807, 2.05) is 6.92 Å². The summed E-state index contributed by atoms with van der Waals surface area (Å²) in [5.41, 5.74) is 0.346. The van der Waals surface area contributed by atoms with Crippen molar-refractivity contribution < 1.29 is 9.53 Å². The average molecular weight is 264 g/mol. The molecule has 1 aromatic rings. The Morgan fingerprint density at radius 3 is 3.00 bits per heavy atom. The van der Waals surface area contributed by atoms with Crippen molar-refractivity contribution in [3.8, 4) is 0 Å². The monoisotopic (exact) mass is 264 g/mol. The third-order valence-corrected chi connectivity index (χ3v) is 3.06.